The monoisotopic (exact) mass is 295 g/mol. The molecule has 0 saturated heterocycles. The minimum absolute atomic E-state index is 0.170. The Labute approximate surface area is 125 Å². The summed E-state index contributed by atoms with van der Waals surface area (Å²) in [4.78, 5) is 4.45. The van der Waals surface area contributed by atoms with Crippen molar-refractivity contribution in [1.29, 1.82) is 0 Å². The topological polar surface area (TPSA) is 46.3 Å². The Balaban J connectivity index is 2.02. The summed E-state index contributed by atoms with van der Waals surface area (Å²) in [6.45, 7) is 0. The molecule has 1 aromatic heterocycles. The number of phenols is 1. The zero-order valence-corrected chi connectivity index (χ0v) is 11.6. The highest BCUT2D eigenvalue weighted by atomic mass is 35.5. The van der Waals surface area contributed by atoms with Gasteiger partial charge in [-0.2, -0.15) is 0 Å². The summed E-state index contributed by atoms with van der Waals surface area (Å²) in [5, 5.41) is 12.2. The van der Waals surface area contributed by atoms with E-state index in [-0.39, 0.29) is 5.75 Å². The van der Waals surface area contributed by atoms with Gasteiger partial charge in [0.25, 0.3) is 0 Å². The normalized spacial score (nSPS) is 11.3. The molecule has 0 aliphatic carbocycles. The molecule has 0 aliphatic heterocycles. The summed E-state index contributed by atoms with van der Waals surface area (Å²) in [5.41, 5.74) is 2.15. The van der Waals surface area contributed by atoms with Crippen molar-refractivity contribution in [1.82, 2.24) is 4.98 Å². The highest BCUT2D eigenvalue weighted by molar-refractivity contribution is 6.35. The Bertz CT molecular complexity index is 975. The highest BCUT2D eigenvalue weighted by Gasteiger charge is 2.12. The molecule has 4 heteroatoms. The molecule has 21 heavy (non-hydrogen) atoms. The van der Waals surface area contributed by atoms with E-state index in [1.807, 2.05) is 36.4 Å². The van der Waals surface area contributed by atoms with Crippen molar-refractivity contribution in [3.05, 3.63) is 59.6 Å². The van der Waals surface area contributed by atoms with Crippen LogP contribution in [0.1, 0.15) is 0 Å². The van der Waals surface area contributed by atoms with Gasteiger partial charge in [-0.1, -0.05) is 35.9 Å². The molecule has 0 fully saturated rings. The van der Waals surface area contributed by atoms with Gasteiger partial charge in [-0.25, -0.2) is 4.98 Å². The number of nitrogens with zero attached hydrogens (tertiary/aromatic N) is 1. The van der Waals surface area contributed by atoms with Crippen molar-refractivity contribution in [2.24, 2.45) is 0 Å². The molecule has 1 heterocycles. The van der Waals surface area contributed by atoms with E-state index in [0.717, 1.165) is 16.3 Å². The van der Waals surface area contributed by atoms with Gasteiger partial charge in [-0.3, -0.25) is 0 Å². The van der Waals surface area contributed by atoms with Crippen LogP contribution < -0.4 is 0 Å². The molecular formula is C17H10ClNO2. The second-order valence-corrected chi connectivity index (χ2v) is 5.22. The number of oxazole rings is 1. The third kappa shape index (κ3) is 1.94. The Hall–Kier alpha value is -2.52. The first-order valence-electron chi connectivity index (χ1n) is 6.49. The average molecular weight is 296 g/mol. The average Bonchev–Trinajstić information content (AvgIpc) is 2.90. The zero-order valence-electron chi connectivity index (χ0n) is 10.9. The molecular weight excluding hydrogens is 286 g/mol. The molecule has 1 N–H and O–H groups in total. The third-order valence-corrected chi connectivity index (χ3v) is 3.80. The van der Waals surface area contributed by atoms with Crippen molar-refractivity contribution in [3.63, 3.8) is 0 Å². The number of rotatable bonds is 1. The van der Waals surface area contributed by atoms with Crippen LogP contribution in [0, 0.1) is 0 Å². The van der Waals surface area contributed by atoms with E-state index in [1.54, 1.807) is 18.2 Å². The van der Waals surface area contributed by atoms with Crippen LogP contribution >= 0.6 is 11.6 Å². The highest BCUT2D eigenvalue weighted by Crippen LogP contribution is 2.33. The minimum atomic E-state index is 0.170. The maximum Gasteiger partial charge on any atom is 0.227 e. The van der Waals surface area contributed by atoms with Crippen LogP contribution in [0.5, 0.6) is 5.75 Å². The standard InChI is InChI=1S/C17H10ClNO2/c18-14-6-2-3-11-12(14)4-1-5-13(11)17-19-15-9-10(20)7-8-16(15)21-17/h1-9,20H. The molecule has 0 unspecified atom stereocenters. The number of hydrogen-bond acceptors (Lipinski definition) is 3. The molecule has 3 nitrogen and oxygen atoms in total. The van der Waals surface area contributed by atoms with E-state index in [9.17, 15) is 5.11 Å². The number of phenolic OH excluding ortho intramolecular Hbond substituents is 1. The predicted octanol–water partition coefficient (Wildman–Crippen LogP) is 5.01. The van der Waals surface area contributed by atoms with Crippen LogP contribution in [0.2, 0.25) is 5.02 Å². The van der Waals surface area contributed by atoms with Gasteiger partial charge in [0, 0.05) is 22.0 Å². The number of halogens is 1. The van der Waals surface area contributed by atoms with Crippen LogP contribution in [-0.2, 0) is 0 Å². The van der Waals surface area contributed by atoms with E-state index in [0.29, 0.717) is 22.0 Å². The molecule has 4 rings (SSSR count). The van der Waals surface area contributed by atoms with Crippen molar-refractivity contribution < 1.29 is 9.52 Å². The van der Waals surface area contributed by atoms with Gasteiger partial charge in [-0.15, -0.1) is 0 Å². The summed E-state index contributed by atoms with van der Waals surface area (Å²) in [6.07, 6.45) is 0. The molecule has 3 aromatic carbocycles. The van der Waals surface area contributed by atoms with Gasteiger partial charge in [0.1, 0.15) is 11.3 Å². The number of hydrogen-bond donors (Lipinski definition) is 1. The molecule has 0 bridgehead atoms. The fourth-order valence-corrected chi connectivity index (χ4v) is 2.73. The lowest BCUT2D eigenvalue weighted by atomic mass is 10.0. The van der Waals surface area contributed by atoms with Gasteiger partial charge in [-0.05, 0) is 29.7 Å². The van der Waals surface area contributed by atoms with Gasteiger partial charge in [0.05, 0.1) is 0 Å². The maximum absolute atomic E-state index is 9.52. The lowest BCUT2D eigenvalue weighted by Gasteiger charge is -2.04. The first kappa shape index (κ1) is 12.2. The van der Waals surface area contributed by atoms with Crippen molar-refractivity contribution in [2.45, 2.75) is 0 Å². The number of aromatic nitrogens is 1. The molecule has 0 amide bonds. The molecule has 4 aromatic rings. The van der Waals surface area contributed by atoms with E-state index in [1.165, 1.54) is 0 Å². The zero-order chi connectivity index (χ0) is 14.4. The summed E-state index contributed by atoms with van der Waals surface area (Å²) < 4.78 is 5.79. The minimum Gasteiger partial charge on any atom is -0.508 e. The van der Waals surface area contributed by atoms with E-state index < -0.39 is 0 Å². The predicted molar refractivity (Wildman–Crippen MR) is 83.6 cm³/mol. The van der Waals surface area contributed by atoms with Crippen LogP contribution in [0.15, 0.2) is 59.0 Å². The summed E-state index contributed by atoms with van der Waals surface area (Å²) >= 11 is 6.23. The van der Waals surface area contributed by atoms with E-state index >= 15 is 0 Å². The third-order valence-electron chi connectivity index (χ3n) is 3.47. The van der Waals surface area contributed by atoms with Crippen molar-refractivity contribution in [2.75, 3.05) is 0 Å². The molecule has 0 saturated carbocycles. The lowest BCUT2D eigenvalue weighted by Crippen LogP contribution is -1.81. The van der Waals surface area contributed by atoms with Gasteiger partial charge in [0.2, 0.25) is 5.89 Å². The number of fused-ring (bicyclic) bond motifs is 2. The second-order valence-electron chi connectivity index (χ2n) is 4.81. The quantitative estimate of drug-likeness (QED) is 0.537. The van der Waals surface area contributed by atoms with Crippen LogP contribution in [0.3, 0.4) is 0 Å². The van der Waals surface area contributed by atoms with Crippen LogP contribution in [0.4, 0.5) is 0 Å². The Morgan fingerprint density at radius 3 is 2.67 bits per heavy atom. The Morgan fingerprint density at radius 2 is 1.76 bits per heavy atom. The molecule has 0 aliphatic rings. The van der Waals surface area contributed by atoms with Crippen molar-refractivity contribution >= 4 is 33.5 Å². The first-order chi connectivity index (χ1) is 10.2. The molecule has 0 atom stereocenters. The van der Waals surface area contributed by atoms with Crippen LogP contribution in [-0.4, -0.2) is 10.1 Å². The van der Waals surface area contributed by atoms with Gasteiger partial charge < -0.3 is 9.52 Å². The smallest absolute Gasteiger partial charge is 0.227 e. The van der Waals surface area contributed by atoms with E-state index in [2.05, 4.69) is 4.98 Å². The first-order valence-corrected chi connectivity index (χ1v) is 6.87. The Kier molecular flexibility index (Phi) is 2.62. The maximum atomic E-state index is 9.52. The Morgan fingerprint density at radius 1 is 0.952 bits per heavy atom. The van der Waals surface area contributed by atoms with Gasteiger partial charge in [0.15, 0.2) is 5.58 Å². The molecule has 102 valence electrons. The number of benzene rings is 3. The summed E-state index contributed by atoms with van der Waals surface area (Å²) in [6, 6.07) is 16.5. The molecule has 0 radical (unpaired) electrons. The fraction of sp³-hybridized carbons (Fsp3) is 0. The fourth-order valence-electron chi connectivity index (χ4n) is 2.49. The second kappa shape index (κ2) is 4.50. The van der Waals surface area contributed by atoms with E-state index in [4.69, 9.17) is 16.0 Å². The largest absolute Gasteiger partial charge is 0.508 e. The summed E-state index contributed by atoms with van der Waals surface area (Å²) in [7, 11) is 0. The van der Waals surface area contributed by atoms with Gasteiger partial charge >= 0.3 is 0 Å². The molecule has 0 spiro atoms. The van der Waals surface area contributed by atoms with Crippen molar-refractivity contribution in [3.8, 4) is 17.2 Å². The summed E-state index contributed by atoms with van der Waals surface area (Å²) in [5.74, 6) is 0.687. The SMILES string of the molecule is Oc1ccc2oc(-c3cccc4c(Cl)cccc34)nc2c1. The van der Waals surface area contributed by atoms with Crippen LogP contribution in [0.25, 0.3) is 33.3 Å². The number of aromatic hydroxyl groups is 1. The lowest BCUT2D eigenvalue weighted by molar-refractivity contribution is 0.476.